The van der Waals surface area contributed by atoms with Crippen molar-refractivity contribution in [2.45, 2.75) is 75.5 Å². The quantitative estimate of drug-likeness (QED) is 0.259. The minimum Gasteiger partial charge on any atom is -0.414 e. The van der Waals surface area contributed by atoms with Crippen LogP contribution in [0.5, 0.6) is 0 Å². The second-order valence-corrected chi connectivity index (χ2v) is 16.1. The number of ether oxygens (including phenoxy) is 2. The van der Waals surface area contributed by atoms with Crippen LogP contribution >= 0.6 is 12.6 Å². The number of imidazole rings is 1. The maximum absolute atomic E-state index is 6.77. The Morgan fingerprint density at radius 3 is 2.17 bits per heavy atom. The van der Waals surface area contributed by atoms with E-state index in [4.69, 9.17) is 31.5 Å². The molecule has 35 heavy (non-hydrogen) atoms. The maximum Gasteiger partial charge on any atom is 0.192 e. The minimum absolute atomic E-state index is 0.0615. The van der Waals surface area contributed by atoms with Gasteiger partial charge >= 0.3 is 0 Å². The summed E-state index contributed by atoms with van der Waals surface area (Å²) >= 11 is 5.02. The predicted octanol–water partition coefficient (Wildman–Crippen LogP) is 7.26. The van der Waals surface area contributed by atoms with Crippen molar-refractivity contribution < 1.29 is 13.9 Å². The molecule has 2 heterocycles. The summed E-state index contributed by atoms with van der Waals surface area (Å²) in [6, 6.07) is 20.5. The van der Waals surface area contributed by atoms with Gasteiger partial charge in [0.05, 0.1) is 28.8 Å². The molecule has 188 valence electrons. The van der Waals surface area contributed by atoms with Crippen molar-refractivity contribution in [2.75, 3.05) is 7.11 Å². The van der Waals surface area contributed by atoms with E-state index in [2.05, 4.69) is 63.1 Å². The number of rotatable bonds is 7. The van der Waals surface area contributed by atoms with Gasteiger partial charge in [-0.15, -0.1) is 0 Å². The number of aromatic amines is 1. The molecule has 0 saturated carbocycles. The van der Waals surface area contributed by atoms with Crippen LogP contribution in [0.4, 0.5) is 0 Å². The van der Waals surface area contributed by atoms with Crippen LogP contribution in [0.3, 0.4) is 0 Å². The molecule has 1 aliphatic heterocycles. The van der Waals surface area contributed by atoms with Gasteiger partial charge in [0.1, 0.15) is 5.82 Å². The number of methoxy groups -OCH3 is 1. The molecular weight excluding hydrogens is 472 g/mol. The third-order valence-electron chi connectivity index (χ3n) is 7.27. The number of nitrogens with zero attached hydrogens (tertiary/aromatic N) is 1. The molecule has 2 aromatic carbocycles. The third kappa shape index (κ3) is 5.92. The average molecular weight is 511 g/mol. The monoisotopic (exact) mass is 510 g/mol. The highest BCUT2D eigenvalue weighted by molar-refractivity contribution is 7.80. The van der Waals surface area contributed by atoms with E-state index in [9.17, 15) is 0 Å². The fraction of sp³-hybridized carbons (Fsp3) is 0.464. The summed E-state index contributed by atoms with van der Waals surface area (Å²) < 4.78 is 18.7. The maximum atomic E-state index is 6.77. The Morgan fingerprint density at radius 2 is 1.60 bits per heavy atom. The van der Waals surface area contributed by atoms with E-state index in [1.165, 1.54) is 0 Å². The first-order valence-corrected chi connectivity index (χ1v) is 15.8. The first-order chi connectivity index (χ1) is 16.6. The summed E-state index contributed by atoms with van der Waals surface area (Å²) in [6.45, 7) is 11.4. The normalized spacial score (nSPS) is 22.2. The topological polar surface area (TPSA) is 56.4 Å². The largest absolute Gasteiger partial charge is 0.414 e. The molecule has 1 fully saturated rings. The zero-order chi connectivity index (χ0) is 25.2. The Morgan fingerprint density at radius 1 is 1.00 bits per heavy atom. The zero-order valence-electron chi connectivity index (χ0n) is 21.6. The fourth-order valence-electron chi connectivity index (χ4n) is 4.25. The van der Waals surface area contributed by atoms with Crippen LogP contribution in [0.1, 0.15) is 44.7 Å². The lowest BCUT2D eigenvalue weighted by Gasteiger charge is -2.43. The zero-order valence-corrected chi connectivity index (χ0v) is 23.5. The van der Waals surface area contributed by atoms with Gasteiger partial charge in [-0.05, 0) is 18.1 Å². The van der Waals surface area contributed by atoms with E-state index in [0.717, 1.165) is 41.2 Å². The molecule has 1 unspecified atom stereocenters. The van der Waals surface area contributed by atoms with E-state index in [1.54, 1.807) is 7.11 Å². The Kier molecular flexibility index (Phi) is 7.93. The van der Waals surface area contributed by atoms with Crippen molar-refractivity contribution in [3.05, 3.63) is 66.5 Å². The Hall–Kier alpha value is -1.90. The summed E-state index contributed by atoms with van der Waals surface area (Å²) in [4.78, 5) is 8.61. The number of hydrogen-bond donors (Lipinski definition) is 2. The molecule has 3 aromatic rings. The fourth-order valence-corrected chi connectivity index (χ4v) is 5.94. The van der Waals surface area contributed by atoms with Crippen molar-refractivity contribution in [1.82, 2.24) is 9.97 Å². The second-order valence-electron chi connectivity index (χ2n) is 10.8. The van der Waals surface area contributed by atoms with Gasteiger partial charge in [-0.1, -0.05) is 81.4 Å². The molecule has 1 aromatic heterocycles. The van der Waals surface area contributed by atoms with Gasteiger partial charge in [-0.25, -0.2) is 4.98 Å². The van der Waals surface area contributed by atoms with Crippen LogP contribution < -0.4 is 0 Å². The highest BCUT2D eigenvalue weighted by Gasteiger charge is 2.43. The summed E-state index contributed by atoms with van der Waals surface area (Å²) in [5.41, 5.74) is 4.05. The van der Waals surface area contributed by atoms with Crippen LogP contribution in [0, 0.1) is 0 Å². The molecule has 0 bridgehead atoms. The molecule has 4 rings (SSSR count). The van der Waals surface area contributed by atoms with Gasteiger partial charge < -0.3 is 18.9 Å². The van der Waals surface area contributed by atoms with Crippen LogP contribution in [-0.4, -0.2) is 43.9 Å². The minimum atomic E-state index is -1.93. The number of hydrogen-bond acceptors (Lipinski definition) is 5. The van der Waals surface area contributed by atoms with Crippen LogP contribution in [-0.2, 0) is 13.9 Å². The molecule has 1 saturated heterocycles. The van der Waals surface area contributed by atoms with Crippen LogP contribution in [0.25, 0.3) is 22.5 Å². The van der Waals surface area contributed by atoms with Crippen molar-refractivity contribution in [2.24, 2.45) is 0 Å². The molecule has 1 aliphatic rings. The lowest BCUT2D eigenvalue weighted by Crippen LogP contribution is -2.48. The first-order valence-electron chi connectivity index (χ1n) is 12.3. The van der Waals surface area contributed by atoms with E-state index < -0.39 is 8.32 Å². The SMILES string of the molecule is CO[C@@H]1C[C@H](O[Si](C)(C)C(C)(C)C)C[C@@H](C(S)c2nc(-c3ccccc3)c(-c3ccccc3)[nH]2)O1. The molecule has 7 heteroatoms. The smallest absolute Gasteiger partial charge is 0.192 e. The number of nitrogens with one attached hydrogen (secondary N) is 1. The highest BCUT2D eigenvalue weighted by Crippen LogP contribution is 2.42. The molecule has 5 nitrogen and oxygen atoms in total. The Bertz CT molecular complexity index is 1040. The predicted molar refractivity (Wildman–Crippen MR) is 148 cm³/mol. The summed E-state index contributed by atoms with van der Waals surface area (Å²) in [5.74, 6) is 0.791. The molecule has 0 amide bonds. The summed E-state index contributed by atoms with van der Waals surface area (Å²) in [5, 5.41) is -0.113. The molecule has 1 N–H and O–H groups in total. The molecule has 4 atom stereocenters. The number of benzene rings is 2. The van der Waals surface area contributed by atoms with E-state index >= 15 is 0 Å². The number of aromatic nitrogens is 2. The van der Waals surface area contributed by atoms with Gasteiger partial charge in [0.15, 0.2) is 14.6 Å². The standard InChI is InChI=1S/C28H38N2O3SSi/c1-28(2,3)35(5,6)33-21-17-22(32-23(18-21)31-4)26(34)27-29-24(19-13-9-7-10-14-19)25(30-27)20-15-11-8-12-16-20/h7-16,21-23,26,34H,17-18H2,1-6H3,(H,29,30)/t21-,22+,23+,26?/m1/s1. The van der Waals surface area contributed by atoms with Gasteiger partial charge in [-0.2, -0.15) is 12.6 Å². The molecular formula is C28H38N2O3SSi. The Labute approximate surface area is 216 Å². The van der Waals surface area contributed by atoms with Crippen molar-refractivity contribution in [1.29, 1.82) is 0 Å². The lowest BCUT2D eigenvalue weighted by molar-refractivity contribution is -0.201. The number of H-pyrrole nitrogens is 1. The van der Waals surface area contributed by atoms with Gasteiger partial charge in [0.2, 0.25) is 0 Å². The third-order valence-corrected chi connectivity index (χ3v) is 12.4. The molecule has 0 spiro atoms. The summed E-state index contributed by atoms with van der Waals surface area (Å²) in [6.07, 6.45) is 1.03. The van der Waals surface area contributed by atoms with Gasteiger partial charge in [0.25, 0.3) is 0 Å². The van der Waals surface area contributed by atoms with Crippen molar-refractivity contribution >= 4 is 20.9 Å². The molecule has 0 radical (unpaired) electrons. The van der Waals surface area contributed by atoms with Crippen molar-refractivity contribution in [3.8, 4) is 22.5 Å². The first kappa shape index (κ1) is 26.2. The number of thiol groups is 1. The van der Waals surface area contributed by atoms with Gasteiger partial charge in [0, 0.05) is 31.1 Å². The van der Waals surface area contributed by atoms with E-state index in [-0.39, 0.29) is 28.8 Å². The van der Waals surface area contributed by atoms with E-state index in [0.29, 0.717) is 0 Å². The lowest BCUT2D eigenvalue weighted by atomic mass is 10.0. The van der Waals surface area contributed by atoms with Crippen molar-refractivity contribution in [3.63, 3.8) is 0 Å². The molecule has 0 aliphatic carbocycles. The average Bonchev–Trinajstić information content (AvgIpc) is 3.29. The van der Waals surface area contributed by atoms with Gasteiger partial charge in [-0.3, -0.25) is 0 Å². The van der Waals surface area contributed by atoms with Crippen LogP contribution in [0.2, 0.25) is 18.1 Å². The van der Waals surface area contributed by atoms with E-state index in [1.807, 2.05) is 36.4 Å². The highest BCUT2D eigenvalue weighted by atomic mass is 32.1. The second kappa shape index (κ2) is 10.6. The Balaban J connectivity index is 1.64. The van der Waals surface area contributed by atoms with Crippen LogP contribution in [0.15, 0.2) is 60.7 Å². The summed E-state index contributed by atoms with van der Waals surface area (Å²) in [7, 11) is -0.239.